The van der Waals surface area contributed by atoms with Crippen LogP contribution in [0.5, 0.6) is 17.2 Å². The third-order valence-electron chi connectivity index (χ3n) is 11.1. The maximum atomic E-state index is 7.08. The Morgan fingerprint density at radius 2 is 1.09 bits per heavy atom. The Hall–Kier alpha value is -6.98. The summed E-state index contributed by atoms with van der Waals surface area (Å²) in [4.78, 5) is 0. The Balaban J connectivity index is 0.993. The van der Waals surface area contributed by atoms with E-state index in [4.69, 9.17) is 13.8 Å². The monoisotopic (exact) mass is 677 g/mol. The molecule has 4 heterocycles. The summed E-state index contributed by atoms with van der Waals surface area (Å²) >= 11 is 0. The van der Waals surface area contributed by atoms with Gasteiger partial charge in [0.15, 0.2) is 0 Å². The van der Waals surface area contributed by atoms with Crippen LogP contribution in [0.1, 0.15) is 0 Å². The van der Waals surface area contributed by atoms with Crippen LogP contribution in [0, 0.1) is 0 Å². The van der Waals surface area contributed by atoms with Crippen LogP contribution in [0.25, 0.3) is 82.8 Å². The maximum absolute atomic E-state index is 7.08. The summed E-state index contributed by atoms with van der Waals surface area (Å²) < 4.78 is 22.2. The predicted octanol–water partition coefficient (Wildman–Crippen LogP) is 11.3. The molecule has 0 spiro atoms. The average molecular weight is 678 g/mol. The van der Waals surface area contributed by atoms with Gasteiger partial charge in [0.1, 0.15) is 28.4 Å². The summed E-state index contributed by atoms with van der Waals surface area (Å²) in [6.45, 7) is -0.326. The Kier molecular flexibility index (Phi) is 5.83. The first kappa shape index (κ1) is 28.7. The van der Waals surface area contributed by atoms with E-state index in [2.05, 4.69) is 156 Å². The van der Waals surface area contributed by atoms with Gasteiger partial charge in [-0.2, -0.15) is 0 Å². The molecule has 0 N–H and O–H groups in total. The van der Waals surface area contributed by atoms with Crippen molar-refractivity contribution in [2.75, 3.05) is 0 Å². The molecular formula is C48H28BNO3. The molecule has 0 fully saturated rings. The summed E-state index contributed by atoms with van der Waals surface area (Å²) in [5.41, 5.74) is 14.0. The second kappa shape index (κ2) is 10.8. The first-order chi connectivity index (χ1) is 26.3. The van der Waals surface area contributed by atoms with Crippen LogP contribution in [0.4, 0.5) is 0 Å². The fourth-order valence-corrected chi connectivity index (χ4v) is 8.70. The highest BCUT2D eigenvalue weighted by molar-refractivity contribution is 6.84. The number of benzene rings is 8. The lowest BCUT2D eigenvalue weighted by atomic mass is 9.50. The van der Waals surface area contributed by atoms with E-state index in [-0.39, 0.29) is 6.92 Å². The van der Waals surface area contributed by atoms with E-state index < -0.39 is 0 Å². The highest BCUT2D eigenvalue weighted by Gasteiger charge is 2.41. The van der Waals surface area contributed by atoms with Crippen molar-refractivity contribution in [1.82, 2.24) is 4.57 Å². The Bertz CT molecular complexity index is 3100. The SMILES string of the molecule is c1ccc(-n2c3ccccc3c3ccccc32)c(-c2ccc3c(c2)B2Oc4cc(-c5ccc6oc7ccccc7c6c5)ccc4-c4cccc(c42)O3)c1. The van der Waals surface area contributed by atoms with Gasteiger partial charge < -0.3 is 18.4 Å². The van der Waals surface area contributed by atoms with Gasteiger partial charge in [-0.25, -0.2) is 0 Å². The number of aromatic nitrogens is 1. The van der Waals surface area contributed by atoms with E-state index >= 15 is 0 Å². The summed E-state index contributed by atoms with van der Waals surface area (Å²) in [7, 11) is 0. The first-order valence-electron chi connectivity index (χ1n) is 18.0. The third kappa shape index (κ3) is 4.13. The molecule has 2 aliphatic rings. The summed E-state index contributed by atoms with van der Waals surface area (Å²) in [6.07, 6.45) is 0. The smallest absolute Gasteiger partial charge is 0.434 e. The van der Waals surface area contributed by atoms with Gasteiger partial charge in [-0.3, -0.25) is 0 Å². The number of furan rings is 1. The molecule has 0 amide bonds. The number of nitrogens with zero attached hydrogens (tertiary/aromatic N) is 1. The lowest BCUT2D eigenvalue weighted by Crippen LogP contribution is -2.53. The van der Waals surface area contributed by atoms with Gasteiger partial charge in [0, 0.05) is 43.6 Å². The van der Waals surface area contributed by atoms with Gasteiger partial charge in [0.05, 0.1) is 16.7 Å². The van der Waals surface area contributed by atoms with Crippen molar-refractivity contribution in [3.8, 4) is 56.3 Å². The van der Waals surface area contributed by atoms with Crippen molar-refractivity contribution < 1.29 is 13.8 Å². The Morgan fingerprint density at radius 3 is 1.96 bits per heavy atom. The molecule has 5 heteroatoms. The molecule has 0 aliphatic carbocycles. The topological polar surface area (TPSA) is 36.5 Å². The third-order valence-corrected chi connectivity index (χ3v) is 11.1. The summed E-state index contributed by atoms with van der Waals surface area (Å²) in [5, 5.41) is 4.72. The minimum Gasteiger partial charge on any atom is -0.551 e. The summed E-state index contributed by atoms with van der Waals surface area (Å²) in [6, 6.07) is 60.0. The summed E-state index contributed by atoms with van der Waals surface area (Å²) in [5.74, 6) is 2.51. The van der Waals surface area contributed by atoms with E-state index in [1.54, 1.807) is 0 Å². The van der Waals surface area contributed by atoms with Crippen LogP contribution in [-0.4, -0.2) is 11.5 Å². The molecule has 0 bridgehead atoms. The molecule has 2 aromatic heterocycles. The average Bonchev–Trinajstić information content (AvgIpc) is 3.76. The molecule has 246 valence electrons. The zero-order valence-corrected chi connectivity index (χ0v) is 28.4. The van der Waals surface area contributed by atoms with Crippen molar-refractivity contribution in [3.05, 3.63) is 170 Å². The van der Waals surface area contributed by atoms with E-state index in [0.717, 1.165) is 89.2 Å². The lowest BCUT2D eigenvalue weighted by molar-refractivity contribution is 0.479. The molecule has 0 radical (unpaired) electrons. The molecule has 0 saturated heterocycles. The molecule has 0 saturated carbocycles. The van der Waals surface area contributed by atoms with Crippen molar-refractivity contribution in [1.29, 1.82) is 0 Å². The first-order valence-corrected chi connectivity index (χ1v) is 18.0. The normalized spacial score (nSPS) is 12.8. The fraction of sp³-hybridized carbons (Fsp3) is 0. The number of hydrogen-bond acceptors (Lipinski definition) is 3. The number of fused-ring (bicyclic) bond motifs is 10. The molecule has 8 aromatic carbocycles. The van der Waals surface area contributed by atoms with Gasteiger partial charge >= 0.3 is 6.92 Å². The largest absolute Gasteiger partial charge is 0.551 e. The van der Waals surface area contributed by atoms with Gasteiger partial charge in [0.25, 0.3) is 0 Å². The lowest BCUT2D eigenvalue weighted by Gasteiger charge is -2.33. The van der Waals surface area contributed by atoms with Gasteiger partial charge in [-0.15, -0.1) is 0 Å². The second-order valence-electron chi connectivity index (χ2n) is 14.0. The van der Waals surface area contributed by atoms with Gasteiger partial charge in [-0.05, 0) is 76.9 Å². The molecular weight excluding hydrogens is 649 g/mol. The fourth-order valence-electron chi connectivity index (χ4n) is 8.70. The molecule has 10 aromatic rings. The number of hydrogen-bond donors (Lipinski definition) is 0. The molecule has 53 heavy (non-hydrogen) atoms. The van der Waals surface area contributed by atoms with E-state index in [9.17, 15) is 0 Å². The van der Waals surface area contributed by atoms with Crippen molar-refractivity contribution in [2.24, 2.45) is 0 Å². The quantitative estimate of drug-likeness (QED) is 0.175. The molecule has 0 unspecified atom stereocenters. The Labute approximate surface area is 305 Å². The van der Waals surface area contributed by atoms with Crippen LogP contribution in [0.3, 0.4) is 0 Å². The van der Waals surface area contributed by atoms with Crippen LogP contribution in [0.15, 0.2) is 174 Å². The predicted molar refractivity (Wildman–Crippen MR) is 217 cm³/mol. The highest BCUT2D eigenvalue weighted by Crippen LogP contribution is 2.43. The molecule has 2 aliphatic heterocycles. The van der Waals surface area contributed by atoms with E-state index in [0.29, 0.717) is 0 Å². The highest BCUT2D eigenvalue weighted by atomic mass is 16.5. The van der Waals surface area contributed by atoms with Crippen LogP contribution in [0.2, 0.25) is 0 Å². The second-order valence-corrected chi connectivity index (χ2v) is 14.0. The maximum Gasteiger partial charge on any atom is 0.434 e. The molecule has 4 nitrogen and oxygen atoms in total. The van der Waals surface area contributed by atoms with Crippen LogP contribution >= 0.6 is 0 Å². The minimum absolute atomic E-state index is 0.326. The van der Waals surface area contributed by atoms with Crippen molar-refractivity contribution >= 4 is 61.6 Å². The van der Waals surface area contributed by atoms with E-state index in [1.807, 2.05) is 18.2 Å². The number of rotatable bonds is 3. The number of ether oxygens (including phenoxy) is 1. The zero-order chi connectivity index (χ0) is 34.6. The van der Waals surface area contributed by atoms with Crippen molar-refractivity contribution in [3.63, 3.8) is 0 Å². The standard InChI is InChI=1S/C48H28BNO3/c1-5-15-40(50-41-16-6-2-11-33(41)34-12-3-7-17-42(34)50)32(10-1)31-22-25-45-39(27-31)49-48-37(14-9-19-46(48)52-45)36-23-20-30(28-47(36)53-49)29-21-24-44-38(26-29)35-13-4-8-18-43(35)51-44/h1-28H. The minimum atomic E-state index is -0.326. The van der Waals surface area contributed by atoms with Gasteiger partial charge in [-0.1, -0.05) is 115 Å². The molecule has 12 rings (SSSR count). The molecule has 0 atom stereocenters. The zero-order valence-electron chi connectivity index (χ0n) is 28.4. The van der Waals surface area contributed by atoms with Crippen molar-refractivity contribution in [2.45, 2.75) is 0 Å². The van der Waals surface area contributed by atoms with Crippen LogP contribution < -0.4 is 20.3 Å². The van der Waals surface area contributed by atoms with Crippen LogP contribution in [-0.2, 0) is 0 Å². The Morgan fingerprint density at radius 1 is 0.415 bits per heavy atom. The van der Waals surface area contributed by atoms with Gasteiger partial charge in [0.2, 0.25) is 0 Å². The number of para-hydroxylation sites is 4. The van der Waals surface area contributed by atoms with E-state index in [1.165, 1.54) is 21.8 Å².